The van der Waals surface area contributed by atoms with Crippen LogP contribution in [0, 0.1) is 0 Å². The maximum absolute atomic E-state index is 11.7. The molecule has 0 unspecified atom stereocenters. The van der Waals surface area contributed by atoms with E-state index >= 15 is 0 Å². The second-order valence-corrected chi connectivity index (χ2v) is 4.21. The van der Waals surface area contributed by atoms with Crippen LogP contribution in [0.1, 0.15) is 18.5 Å². The zero-order chi connectivity index (χ0) is 13.0. The third-order valence-corrected chi connectivity index (χ3v) is 2.72. The van der Waals surface area contributed by atoms with Gasteiger partial charge in [-0.2, -0.15) is 0 Å². The molecule has 1 aromatic rings. The van der Waals surface area contributed by atoms with Gasteiger partial charge in [-0.15, -0.1) is 0 Å². The Balaban J connectivity index is 1.93. The number of hydrogen-bond acceptors (Lipinski definition) is 3. The van der Waals surface area contributed by atoms with Crippen molar-refractivity contribution >= 4 is 24.2 Å². The van der Waals surface area contributed by atoms with Crippen molar-refractivity contribution in [2.24, 2.45) is 0 Å². The van der Waals surface area contributed by atoms with Gasteiger partial charge in [-0.25, -0.2) is 4.98 Å². The second-order valence-electron chi connectivity index (χ2n) is 4.21. The molecule has 5 nitrogen and oxygen atoms in total. The van der Waals surface area contributed by atoms with Crippen LogP contribution < -0.4 is 5.32 Å². The fourth-order valence-corrected chi connectivity index (χ4v) is 1.64. The number of amides is 2. The van der Waals surface area contributed by atoms with Crippen molar-refractivity contribution in [2.45, 2.75) is 18.9 Å². The van der Waals surface area contributed by atoms with Crippen molar-refractivity contribution in [2.75, 3.05) is 11.9 Å². The molecule has 0 spiro atoms. The van der Waals surface area contributed by atoms with Crippen molar-refractivity contribution in [3.63, 3.8) is 0 Å². The number of pyridine rings is 1. The molecule has 1 heterocycles. The number of carbonyl (C=O) groups is 2. The van der Waals surface area contributed by atoms with Crippen LogP contribution in [0.2, 0.25) is 0 Å². The molecule has 0 bridgehead atoms. The van der Waals surface area contributed by atoms with Gasteiger partial charge in [0.05, 0.1) is 12.2 Å². The molecule has 1 N–H and O–H groups in total. The first kappa shape index (κ1) is 12.3. The lowest BCUT2D eigenvalue weighted by Gasteiger charge is -2.15. The van der Waals surface area contributed by atoms with Gasteiger partial charge in [-0.3, -0.25) is 9.59 Å². The van der Waals surface area contributed by atoms with Gasteiger partial charge < -0.3 is 10.2 Å². The van der Waals surface area contributed by atoms with Crippen LogP contribution in [0.4, 0.5) is 5.82 Å². The van der Waals surface area contributed by atoms with E-state index < -0.39 is 0 Å². The molecule has 18 heavy (non-hydrogen) atoms. The van der Waals surface area contributed by atoms with Crippen molar-refractivity contribution < 1.29 is 9.59 Å². The lowest BCUT2D eigenvalue weighted by atomic mass is 10.3. The zero-order valence-electron chi connectivity index (χ0n) is 10.0. The number of aromatic nitrogens is 1. The highest BCUT2D eigenvalue weighted by atomic mass is 16.2. The second kappa shape index (κ2) is 5.44. The molecule has 2 rings (SSSR count). The van der Waals surface area contributed by atoms with Crippen LogP contribution in [0.25, 0.3) is 6.08 Å². The van der Waals surface area contributed by atoms with E-state index in [2.05, 4.69) is 16.9 Å². The normalized spacial score (nSPS) is 13.8. The molecule has 1 aliphatic rings. The Morgan fingerprint density at radius 1 is 1.56 bits per heavy atom. The van der Waals surface area contributed by atoms with Gasteiger partial charge >= 0.3 is 0 Å². The molecule has 5 heteroatoms. The molecule has 0 aromatic carbocycles. The molecule has 0 aliphatic heterocycles. The van der Waals surface area contributed by atoms with Crippen LogP contribution >= 0.6 is 0 Å². The fraction of sp³-hybridized carbons (Fsp3) is 0.308. The number of nitrogens with zero attached hydrogens (tertiary/aromatic N) is 2. The average Bonchev–Trinajstić information content (AvgIpc) is 3.20. The molecule has 1 aromatic heterocycles. The Labute approximate surface area is 106 Å². The molecule has 2 amide bonds. The van der Waals surface area contributed by atoms with Crippen LogP contribution in [0.5, 0.6) is 0 Å². The van der Waals surface area contributed by atoms with E-state index in [9.17, 15) is 9.59 Å². The van der Waals surface area contributed by atoms with Gasteiger partial charge in [-0.1, -0.05) is 12.6 Å². The number of carbonyl (C=O) groups excluding carboxylic acids is 2. The smallest absolute Gasteiger partial charge is 0.245 e. The van der Waals surface area contributed by atoms with Crippen LogP contribution in [0.15, 0.2) is 24.8 Å². The third kappa shape index (κ3) is 3.16. The van der Waals surface area contributed by atoms with Gasteiger partial charge in [-0.05, 0) is 31.1 Å². The van der Waals surface area contributed by atoms with Crippen molar-refractivity contribution in [3.05, 3.63) is 30.5 Å². The Morgan fingerprint density at radius 2 is 2.33 bits per heavy atom. The molecule has 94 valence electrons. The summed E-state index contributed by atoms with van der Waals surface area (Å²) in [6, 6.07) is 5.52. The summed E-state index contributed by atoms with van der Waals surface area (Å²) in [5.74, 6) is 0.238. The summed E-state index contributed by atoms with van der Waals surface area (Å²) in [4.78, 5) is 28.2. The first-order valence-corrected chi connectivity index (χ1v) is 5.83. The quantitative estimate of drug-likeness (QED) is 0.768. The predicted octanol–water partition coefficient (Wildman–Crippen LogP) is 1.28. The standard InChI is InChI=1S/C13H15N3O2/c1-2-10-4-3-5-12(14-10)15-13(18)8-16(9-17)11-6-7-11/h2-5,9,11H,1,6-8H2,(H,14,15,18). The summed E-state index contributed by atoms with van der Waals surface area (Å²) < 4.78 is 0. The summed E-state index contributed by atoms with van der Waals surface area (Å²) in [7, 11) is 0. The summed E-state index contributed by atoms with van der Waals surface area (Å²) in [6.07, 6.45) is 4.30. The minimum Gasteiger partial charge on any atom is -0.333 e. The lowest BCUT2D eigenvalue weighted by molar-refractivity contribution is -0.125. The van der Waals surface area contributed by atoms with E-state index in [1.54, 1.807) is 24.3 Å². The SMILES string of the molecule is C=Cc1cccc(NC(=O)CN(C=O)C2CC2)n1. The fourth-order valence-electron chi connectivity index (χ4n) is 1.64. The topological polar surface area (TPSA) is 62.3 Å². The Bertz CT molecular complexity index is 469. The Hall–Kier alpha value is -2.17. The van der Waals surface area contributed by atoms with E-state index in [1.165, 1.54) is 4.90 Å². The van der Waals surface area contributed by atoms with Crippen molar-refractivity contribution in [1.29, 1.82) is 0 Å². The van der Waals surface area contributed by atoms with Gasteiger partial charge in [0.2, 0.25) is 12.3 Å². The minimum atomic E-state index is -0.234. The first-order chi connectivity index (χ1) is 8.72. The van der Waals surface area contributed by atoms with Gasteiger partial charge in [0, 0.05) is 6.04 Å². The first-order valence-electron chi connectivity index (χ1n) is 5.83. The van der Waals surface area contributed by atoms with E-state index in [-0.39, 0.29) is 18.5 Å². The van der Waals surface area contributed by atoms with Crippen molar-refractivity contribution in [1.82, 2.24) is 9.88 Å². The molecular weight excluding hydrogens is 230 g/mol. The summed E-state index contributed by atoms with van der Waals surface area (Å²) in [5.41, 5.74) is 0.697. The number of rotatable bonds is 6. The highest BCUT2D eigenvalue weighted by Crippen LogP contribution is 2.25. The maximum Gasteiger partial charge on any atom is 0.245 e. The third-order valence-electron chi connectivity index (χ3n) is 2.72. The number of hydrogen-bond donors (Lipinski definition) is 1. The highest BCUT2D eigenvalue weighted by molar-refractivity contribution is 5.92. The van der Waals surface area contributed by atoms with Crippen molar-refractivity contribution in [3.8, 4) is 0 Å². The van der Waals surface area contributed by atoms with Crippen LogP contribution in [0.3, 0.4) is 0 Å². The largest absolute Gasteiger partial charge is 0.333 e. The Morgan fingerprint density at radius 3 is 2.94 bits per heavy atom. The molecule has 1 aliphatic carbocycles. The van der Waals surface area contributed by atoms with E-state index in [0.717, 1.165) is 19.3 Å². The van der Waals surface area contributed by atoms with Gasteiger partial charge in [0.25, 0.3) is 0 Å². The van der Waals surface area contributed by atoms with Crippen LogP contribution in [-0.2, 0) is 9.59 Å². The molecule has 0 atom stereocenters. The molecule has 0 saturated heterocycles. The number of nitrogens with one attached hydrogen (secondary N) is 1. The van der Waals surface area contributed by atoms with E-state index in [0.29, 0.717) is 11.5 Å². The van der Waals surface area contributed by atoms with E-state index in [4.69, 9.17) is 0 Å². The minimum absolute atomic E-state index is 0.0775. The molecular formula is C13H15N3O2. The molecule has 1 saturated carbocycles. The van der Waals surface area contributed by atoms with E-state index in [1.807, 2.05) is 0 Å². The summed E-state index contributed by atoms with van der Waals surface area (Å²) in [5, 5.41) is 2.67. The van der Waals surface area contributed by atoms with Gasteiger partial charge in [0.1, 0.15) is 5.82 Å². The Kier molecular flexibility index (Phi) is 3.72. The van der Waals surface area contributed by atoms with Crippen LogP contribution in [-0.4, -0.2) is 34.8 Å². The predicted molar refractivity (Wildman–Crippen MR) is 68.7 cm³/mol. The monoisotopic (exact) mass is 245 g/mol. The zero-order valence-corrected chi connectivity index (χ0v) is 10.0. The average molecular weight is 245 g/mol. The van der Waals surface area contributed by atoms with Gasteiger partial charge in [0.15, 0.2) is 0 Å². The lowest BCUT2D eigenvalue weighted by Crippen LogP contribution is -2.34. The highest BCUT2D eigenvalue weighted by Gasteiger charge is 2.29. The summed E-state index contributed by atoms with van der Waals surface area (Å²) >= 11 is 0. The molecule has 1 fully saturated rings. The summed E-state index contributed by atoms with van der Waals surface area (Å²) in [6.45, 7) is 3.69. The maximum atomic E-state index is 11.7. The number of anilines is 1. The molecule has 0 radical (unpaired) electrons.